The molecule has 0 aliphatic rings. The molecule has 96 valence electrons. The van der Waals surface area contributed by atoms with Crippen LogP contribution in [0.15, 0.2) is 42.7 Å². The largest absolute Gasteiger partial charge is 0.337 e. The van der Waals surface area contributed by atoms with Gasteiger partial charge in [0.25, 0.3) is 0 Å². The molecule has 0 aliphatic heterocycles. The fourth-order valence-electron chi connectivity index (χ4n) is 2.08. The van der Waals surface area contributed by atoms with Gasteiger partial charge in [0.05, 0.1) is 23.6 Å². The van der Waals surface area contributed by atoms with Gasteiger partial charge >= 0.3 is 0 Å². The molecule has 3 aromatic rings. The second-order valence-electron chi connectivity index (χ2n) is 4.27. The molecule has 4 nitrogen and oxygen atoms in total. The Labute approximate surface area is 119 Å². The predicted octanol–water partition coefficient (Wildman–Crippen LogP) is 3.30. The van der Waals surface area contributed by atoms with Crippen molar-refractivity contribution in [2.24, 2.45) is 0 Å². The Bertz CT molecular complexity index is 685. The van der Waals surface area contributed by atoms with Crippen LogP contribution in [0.5, 0.6) is 0 Å². The summed E-state index contributed by atoms with van der Waals surface area (Å²) in [4.78, 5) is 6.19. The second-order valence-corrected chi connectivity index (χ2v) is 5.24. The quantitative estimate of drug-likeness (QED) is 0.724. The highest BCUT2D eigenvalue weighted by molar-refractivity contribution is 7.71. The topological polar surface area (TPSA) is 57.4 Å². The lowest BCUT2D eigenvalue weighted by molar-refractivity contribution is 0.761. The average Bonchev–Trinajstić information content (AvgIpc) is 3.09. The van der Waals surface area contributed by atoms with Gasteiger partial charge < -0.3 is 9.97 Å². The normalized spacial score (nSPS) is 12.4. The number of hydrogen-bond donors (Lipinski definition) is 2. The van der Waals surface area contributed by atoms with Gasteiger partial charge in [-0.25, -0.2) is 0 Å². The zero-order chi connectivity index (χ0) is 13.1. The van der Waals surface area contributed by atoms with Crippen LogP contribution in [0.2, 0.25) is 0 Å². The maximum Gasteiger partial charge on any atom is 0.174 e. The number of imidazole rings is 1. The number of hydrogen-bond acceptors (Lipinski definition) is 4. The van der Waals surface area contributed by atoms with Crippen molar-refractivity contribution < 1.29 is 0 Å². The molecule has 0 saturated heterocycles. The first-order valence-corrected chi connectivity index (χ1v) is 7.06. The van der Waals surface area contributed by atoms with Gasteiger partial charge in [0.15, 0.2) is 4.77 Å². The van der Waals surface area contributed by atoms with Crippen molar-refractivity contribution >= 4 is 23.9 Å². The summed E-state index contributed by atoms with van der Waals surface area (Å²) in [6, 6.07) is 10.4. The maximum absolute atomic E-state index is 5.10. The minimum Gasteiger partial charge on any atom is -0.337 e. The number of nitrogens with zero attached hydrogens (tertiary/aromatic N) is 2. The first kappa shape index (κ1) is 12.3. The lowest BCUT2D eigenvalue weighted by atomic mass is 9.94. The zero-order valence-electron chi connectivity index (χ0n) is 10.0. The molecule has 0 saturated carbocycles. The van der Waals surface area contributed by atoms with Gasteiger partial charge in [-0.15, -0.1) is 0 Å². The van der Waals surface area contributed by atoms with E-state index in [4.69, 9.17) is 12.2 Å². The van der Waals surface area contributed by atoms with Crippen LogP contribution in [0, 0.1) is 4.77 Å². The number of nitrogens with one attached hydrogen (secondary N) is 2. The van der Waals surface area contributed by atoms with Gasteiger partial charge in [-0.1, -0.05) is 30.3 Å². The molecular formula is C13H12N4S2. The molecular weight excluding hydrogens is 276 g/mol. The van der Waals surface area contributed by atoms with E-state index in [0.29, 0.717) is 4.77 Å². The smallest absolute Gasteiger partial charge is 0.174 e. The third-order valence-electron chi connectivity index (χ3n) is 3.01. The summed E-state index contributed by atoms with van der Waals surface area (Å²) in [5.41, 5.74) is 3.28. The number of benzene rings is 1. The van der Waals surface area contributed by atoms with Crippen molar-refractivity contribution in [3.63, 3.8) is 0 Å². The van der Waals surface area contributed by atoms with Crippen molar-refractivity contribution in [1.29, 1.82) is 0 Å². The van der Waals surface area contributed by atoms with Gasteiger partial charge in [0, 0.05) is 17.8 Å². The minimum atomic E-state index is 0.147. The number of aromatic amines is 2. The van der Waals surface area contributed by atoms with Gasteiger partial charge in [0.1, 0.15) is 0 Å². The number of H-pyrrole nitrogens is 2. The third kappa shape index (κ3) is 2.80. The molecule has 0 amide bonds. The van der Waals surface area contributed by atoms with Crippen molar-refractivity contribution in [1.82, 2.24) is 18.7 Å². The average molecular weight is 288 g/mol. The minimum absolute atomic E-state index is 0.147. The van der Waals surface area contributed by atoms with Crippen LogP contribution in [0.4, 0.5) is 0 Å². The monoisotopic (exact) mass is 288 g/mol. The first-order valence-electron chi connectivity index (χ1n) is 5.92. The van der Waals surface area contributed by atoms with Gasteiger partial charge in [0.2, 0.25) is 0 Å². The molecule has 2 heterocycles. The number of aromatic nitrogens is 4. The van der Waals surface area contributed by atoms with E-state index in [2.05, 4.69) is 30.8 Å². The van der Waals surface area contributed by atoms with Crippen LogP contribution in [-0.2, 0) is 6.42 Å². The van der Waals surface area contributed by atoms with Crippen LogP contribution in [0.1, 0.15) is 22.9 Å². The van der Waals surface area contributed by atoms with E-state index in [1.54, 1.807) is 0 Å². The highest BCUT2D eigenvalue weighted by Gasteiger charge is 2.18. The molecule has 0 spiro atoms. The van der Waals surface area contributed by atoms with Crippen molar-refractivity contribution in [2.75, 3.05) is 0 Å². The van der Waals surface area contributed by atoms with Crippen LogP contribution in [0.25, 0.3) is 0 Å². The highest BCUT2D eigenvalue weighted by Crippen LogP contribution is 2.25. The van der Waals surface area contributed by atoms with Crippen LogP contribution in [0.3, 0.4) is 0 Å². The Morgan fingerprint density at radius 3 is 2.74 bits per heavy atom. The van der Waals surface area contributed by atoms with E-state index < -0.39 is 0 Å². The molecule has 1 aromatic carbocycles. The molecule has 0 aliphatic carbocycles. The lowest BCUT2D eigenvalue weighted by Crippen LogP contribution is -2.06. The number of rotatable bonds is 4. The van der Waals surface area contributed by atoms with Crippen LogP contribution >= 0.6 is 23.9 Å². The third-order valence-corrected chi connectivity index (χ3v) is 3.72. The molecule has 1 unspecified atom stereocenters. The van der Waals surface area contributed by atoms with Gasteiger partial charge in [-0.3, -0.25) is 0 Å². The Morgan fingerprint density at radius 1 is 1.26 bits per heavy atom. The van der Waals surface area contributed by atoms with E-state index in [9.17, 15) is 0 Å². The van der Waals surface area contributed by atoms with Crippen molar-refractivity contribution in [3.8, 4) is 0 Å². The fraction of sp³-hybridized carbons (Fsp3) is 0.154. The Kier molecular flexibility index (Phi) is 3.52. The summed E-state index contributed by atoms with van der Waals surface area (Å²) in [6.07, 6.45) is 4.60. The Hall–Kier alpha value is -1.79. The van der Waals surface area contributed by atoms with E-state index in [0.717, 1.165) is 17.8 Å². The van der Waals surface area contributed by atoms with E-state index >= 15 is 0 Å². The lowest BCUT2D eigenvalue weighted by Gasteiger charge is -2.12. The maximum atomic E-state index is 5.10. The van der Waals surface area contributed by atoms with Crippen molar-refractivity contribution in [3.05, 3.63) is 64.4 Å². The predicted molar refractivity (Wildman–Crippen MR) is 77.9 cm³/mol. The summed E-state index contributed by atoms with van der Waals surface area (Å²) in [5.74, 6) is 0.147. The molecule has 19 heavy (non-hydrogen) atoms. The van der Waals surface area contributed by atoms with Crippen LogP contribution < -0.4 is 0 Å². The van der Waals surface area contributed by atoms with Crippen LogP contribution in [-0.4, -0.2) is 18.7 Å². The highest BCUT2D eigenvalue weighted by atomic mass is 32.1. The molecule has 0 fully saturated rings. The van der Waals surface area contributed by atoms with E-state index in [1.165, 1.54) is 17.3 Å². The molecule has 2 N–H and O–H groups in total. The molecule has 2 aromatic heterocycles. The van der Waals surface area contributed by atoms with Crippen molar-refractivity contribution in [2.45, 2.75) is 12.3 Å². The standard InChI is InChI=1S/C13H12N4S2/c18-13-14-7-11(16-13)10(12-8-15-19-17-12)6-9-4-2-1-3-5-9/h1-5,7-8,10H,6H2,(H2,14,16,18). The SMILES string of the molecule is S=c1[nH]cc(C(Cc2ccccc2)c2cnsn2)[nH]1. The summed E-state index contributed by atoms with van der Waals surface area (Å²) >= 11 is 6.33. The summed E-state index contributed by atoms with van der Waals surface area (Å²) in [5, 5.41) is 0. The van der Waals surface area contributed by atoms with E-state index in [1.807, 2.05) is 30.6 Å². The summed E-state index contributed by atoms with van der Waals surface area (Å²) in [7, 11) is 0. The molecule has 1 atom stereocenters. The fourth-order valence-corrected chi connectivity index (χ4v) is 2.73. The Morgan fingerprint density at radius 2 is 2.11 bits per heavy atom. The first-order chi connectivity index (χ1) is 9.33. The van der Waals surface area contributed by atoms with E-state index in [-0.39, 0.29) is 5.92 Å². The molecule has 0 bridgehead atoms. The molecule has 0 radical (unpaired) electrons. The summed E-state index contributed by atoms with van der Waals surface area (Å²) in [6.45, 7) is 0. The van der Waals surface area contributed by atoms with Gasteiger partial charge in [-0.2, -0.15) is 8.75 Å². The Balaban J connectivity index is 1.95. The summed E-state index contributed by atoms with van der Waals surface area (Å²) < 4.78 is 9.09. The zero-order valence-corrected chi connectivity index (χ0v) is 11.7. The molecule has 3 rings (SSSR count). The van der Waals surface area contributed by atoms with Gasteiger partial charge in [-0.05, 0) is 24.2 Å². The second kappa shape index (κ2) is 5.46. The molecule has 6 heteroatoms.